The van der Waals surface area contributed by atoms with Gasteiger partial charge in [-0.1, -0.05) is 69.9 Å². The van der Waals surface area contributed by atoms with Crippen LogP contribution >= 0.6 is 0 Å². The highest BCUT2D eigenvalue weighted by Crippen LogP contribution is 2.58. The van der Waals surface area contributed by atoms with Crippen molar-refractivity contribution < 1.29 is 0 Å². The van der Waals surface area contributed by atoms with Crippen LogP contribution in [0, 0.1) is 22.7 Å². The van der Waals surface area contributed by atoms with E-state index >= 15 is 0 Å². The van der Waals surface area contributed by atoms with Gasteiger partial charge in [0.1, 0.15) is 0 Å². The van der Waals surface area contributed by atoms with Crippen molar-refractivity contribution >= 4 is 0 Å². The Kier molecular flexibility index (Phi) is 6.27. The summed E-state index contributed by atoms with van der Waals surface area (Å²) in [6.45, 7) is 4.55. The van der Waals surface area contributed by atoms with E-state index in [2.05, 4.69) is 50.0 Å². The predicted molar refractivity (Wildman–Crippen MR) is 109 cm³/mol. The lowest BCUT2D eigenvalue weighted by atomic mass is 9.53. The molecule has 136 valence electrons. The number of aryl methyl sites for hydroxylation is 1. The van der Waals surface area contributed by atoms with Crippen LogP contribution in [-0.4, -0.2) is 0 Å². The Labute approximate surface area is 155 Å². The molecule has 3 aliphatic rings. The van der Waals surface area contributed by atoms with Gasteiger partial charge in [0.15, 0.2) is 0 Å². The summed E-state index contributed by atoms with van der Waals surface area (Å²) in [5.41, 5.74) is 3.68. The Morgan fingerprint density at radius 2 is 1.48 bits per heavy atom. The maximum atomic E-state index is 3.73. The molecule has 3 saturated carbocycles. The van der Waals surface area contributed by atoms with Gasteiger partial charge in [0.05, 0.1) is 0 Å². The molecule has 0 unspecified atom stereocenters. The van der Waals surface area contributed by atoms with Crippen LogP contribution < -0.4 is 0 Å². The van der Waals surface area contributed by atoms with E-state index in [1.54, 1.807) is 0 Å². The summed E-state index contributed by atoms with van der Waals surface area (Å²) >= 11 is 0. The maximum absolute atomic E-state index is 3.73. The minimum atomic E-state index is 0.341. The number of benzene rings is 1. The highest BCUT2D eigenvalue weighted by atomic mass is 14.5. The van der Waals surface area contributed by atoms with Crippen molar-refractivity contribution in [3.8, 4) is 11.8 Å². The fourth-order valence-electron chi connectivity index (χ4n) is 5.00. The normalized spacial score (nSPS) is 27.8. The van der Waals surface area contributed by atoms with E-state index in [9.17, 15) is 0 Å². The molecule has 0 amide bonds. The second-order valence-corrected chi connectivity index (χ2v) is 8.79. The van der Waals surface area contributed by atoms with E-state index in [1.807, 2.05) is 0 Å². The Morgan fingerprint density at radius 1 is 0.800 bits per heavy atom. The molecule has 0 aromatic heterocycles. The zero-order chi connectivity index (χ0) is 17.6. The maximum Gasteiger partial charge on any atom is 0.0319 e. The summed E-state index contributed by atoms with van der Waals surface area (Å²) in [6, 6.07) is 8.96. The van der Waals surface area contributed by atoms with Gasteiger partial charge in [-0.05, 0) is 74.5 Å². The third-order valence-electron chi connectivity index (χ3n) is 6.93. The molecule has 0 heteroatoms. The summed E-state index contributed by atoms with van der Waals surface area (Å²) in [6.07, 6.45) is 17.9. The first-order chi connectivity index (χ1) is 12.2. The van der Waals surface area contributed by atoms with E-state index in [0.29, 0.717) is 10.8 Å². The lowest BCUT2D eigenvalue weighted by Gasteiger charge is -2.51. The first-order valence-corrected chi connectivity index (χ1v) is 10.8. The fraction of sp³-hybridized carbons (Fsp3) is 0.680. The predicted octanol–water partition coefficient (Wildman–Crippen LogP) is 7.30. The summed E-state index contributed by atoms with van der Waals surface area (Å²) in [5.74, 6) is 7.26. The summed E-state index contributed by atoms with van der Waals surface area (Å²) in [4.78, 5) is 0. The molecule has 1 aromatic rings. The molecule has 3 fully saturated rings. The Hall–Kier alpha value is -1.22. The van der Waals surface area contributed by atoms with Gasteiger partial charge in [-0.25, -0.2) is 0 Å². The Morgan fingerprint density at radius 3 is 2.08 bits per heavy atom. The number of fused-ring (bicyclic) bond motifs is 3. The van der Waals surface area contributed by atoms with Gasteiger partial charge >= 0.3 is 0 Å². The molecular weight excluding hydrogens is 300 g/mol. The van der Waals surface area contributed by atoms with Crippen molar-refractivity contribution in [1.29, 1.82) is 0 Å². The second-order valence-electron chi connectivity index (χ2n) is 8.79. The van der Waals surface area contributed by atoms with Crippen LogP contribution in [0.3, 0.4) is 0 Å². The van der Waals surface area contributed by atoms with Crippen LogP contribution in [0.2, 0.25) is 0 Å². The zero-order valence-corrected chi connectivity index (χ0v) is 16.5. The first-order valence-electron chi connectivity index (χ1n) is 10.8. The highest BCUT2D eigenvalue weighted by Gasteiger charge is 2.47. The number of rotatable bonds is 7. The largest absolute Gasteiger partial charge is 0.0911 e. The van der Waals surface area contributed by atoms with Crippen molar-refractivity contribution in [2.24, 2.45) is 10.8 Å². The molecule has 0 atom stereocenters. The highest BCUT2D eigenvalue weighted by molar-refractivity contribution is 5.38. The molecule has 1 aromatic carbocycles. The van der Waals surface area contributed by atoms with Crippen LogP contribution in [0.5, 0.6) is 0 Å². The average molecular weight is 337 g/mol. The average Bonchev–Trinajstić information content (AvgIpc) is 2.67. The topological polar surface area (TPSA) is 0 Å². The molecule has 0 aliphatic heterocycles. The standard InChI is InChI=1S/C25H36/c1-3-5-6-7-14-24-16-19-25(20-17-24,21-18-24)15-13-23-11-9-22(8-4-2)10-12-23/h9-12H,3-8,14,16-21H2,1-2H3. The van der Waals surface area contributed by atoms with Gasteiger partial charge < -0.3 is 0 Å². The van der Waals surface area contributed by atoms with Gasteiger partial charge in [-0.3, -0.25) is 0 Å². The SMILES string of the molecule is CCCCCCC12CCC(C#Cc3ccc(CCC)cc3)(CC1)CC2. The molecule has 25 heavy (non-hydrogen) atoms. The third-order valence-corrected chi connectivity index (χ3v) is 6.93. The van der Waals surface area contributed by atoms with Crippen molar-refractivity contribution in [3.63, 3.8) is 0 Å². The molecule has 2 bridgehead atoms. The quantitative estimate of drug-likeness (QED) is 0.362. The molecule has 3 aliphatic carbocycles. The third kappa shape index (κ3) is 4.69. The first kappa shape index (κ1) is 18.6. The Bertz CT molecular complexity index is 571. The molecule has 0 N–H and O–H groups in total. The molecule has 4 rings (SSSR count). The van der Waals surface area contributed by atoms with Gasteiger partial charge in [-0.2, -0.15) is 0 Å². The number of hydrogen-bond donors (Lipinski definition) is 0. The second kappa shape index (κ2) is 8.44. The number of unbranched alkanes of at least 4 members (excludes halogenated alkanes) is 3. The van der Waals surface area contributed by atoms with Crippen LogP contribution in [0.4, 0.5) is 0 Å². The van der Waals surface area contributed by atoms with Crippen LogP contribution in [0.15, 0.2) is 24.3 Å². The van der Waals surface area contributed by atoms with Crippen molar-refractivity contribution in [3.05, 3.63) is 35.4 Å². The van der Waals surface area contributed by atoms with E-state index in [-0.39, 0.29) is 0 Å². The minimum absolute atomic E-state index is 0.341. The van der Waals surface area contributed by atoms with Gasteiger partial charge in [-0.15, -0.1) is 0 Å². The van der Waals surface area contributed by atoms with E-state index in [1.165, 1.54) is 94.6 Å². The summed E-state index contributed by atoms with van der Waals surface area (Å²) < 4.78 is 0. The molecular formula is C25H36. The molecule has 0 radical (unpaired) electrons. The van der Waals surface area contributed by atoms with E-state index < -0.39 is 0 Å². The zero-order valence-electron chi connectivity index (χ0n) is 16.5. The van der Waals surface area contributed by atoms with Gasteiger partial charge in [0.2, 0.25) is 0 Å². The van der Waals surface area contributed by atoms with E-state index in [0.717, 1.165) is 0 Å². The van der Waals surface area contributed by atoms with Crippen LogP contribution in [0.25, 0.3) is 0 Å². The number of hydrogen-bond acceptors (Lipinski definition) is 0. The smallest absolute Gasteiger partial charge is 0.0319 e. The van der Waals surface area contributed by atoms with Crippen LogP contribution in [-0.2, 0) is 6.42 Å². The lowest BCUT2D eigenvalue weighted by Crippen LogP contribution is -2.40. The lowest BCUT2D eigenvalue weighted by molar-refractivity contribution is 0.0185. The van der Waals surface area contributed by atoms with E-state index in [4.69, 9.17) is 0 Å². The van der Waals surface area contributed by atoms with Gasteiger partial charge in [0, 0.05) is 11.0 Å². The van der Waals surface area contributed by atoms with Crippen molar-refractivity contribution in [1.82, 2.24) is 0 Å². The monoisotopic (exact) mass is 336 g/mol. The molecule has 0 spiro atoms. The van der Waals surface area contributed by atoms with Gasteiger partial charge in [0.25, 0.3) is 0 Å². The Balaban J connectivity index is 1.56. The van der Waals surface area contributed by atoms with Crippen molar-refractivity contribution in [2.75, 3.05) is 0 Å². The molecule has 0 saturated heterocycles. The fourth-order valence-corrected chi connectivity index (χ4v) is 5.00. The summed E-state index contributed by atoms with van der Waals surface area (Å²) in [5, 5.41) is 0. The summed E-state index contributed by atoms with van der Waals surface area (Å²) in [7, 11) is 0. The minimum Gasteiger partial charge on any atom is -0.0911 e. The van der Waals surface area contributed by atoms with Crippen molar-refractivity contribution in [2.45, 2.75) is 97.3 Å². The van der Waals surface area contributed by atoms with Crippen LogP contribution in [0.1, 0.15) is 102 Å². The molecule has 0 nitrogen and oxygen atoms in total. The molecule has 0 heterocycles.